The lowest BCUT2D eigenvalue weighted by molar-refractivity contribution is 0.0643. The van der Waals surface area contributed by atoms with Crippen molar-refractivity contribution in [3.8, 4) is 6.07 Å². The standard InChI is InChI=1S/C15H28N2O/c1-12(2)11-17(7-8-18-4)15-9-13(3)5-6-14(15)10-16/h12-15H,5-9,11H2,1-4H3. The minimum Gasteiger partial charge on any atom is -0.383 e. The summed E-state index contributed by atoms with van der Waals surface area (Å²) >= 11 is 0. The van der Waals surface area contributed by atoms with E-state index in [1.54, 1.807) is 7.11 Å². The van der Waals surface area contributed by atoms with Crippen molar-refractivity contribution in [3.63, 3.8) is 0 Å². The van der Waals surface area contributed by atoms with Gasteiger partial charge in [-0.25, -0.2) is 0 Å². The van der Waals surface area contributed by atoms with Crippen molar-refractivity contribution in [2.24, 2.45) is 17.8 Å². The van der Waals surface area contributed by atoms with Crippen LogP contribution in [0, 0.1) is 29.1 Å². The van der Waals surface area contributed by atoms with Crippen LogP contribution < -0.4 is 0 Å². The third-order valence-corrected chi connectivity index (χ3v) is 3.90. The van der Waals surface area contributed by atoms with Crippen LogP contribution in [0.15, 0.2) is 0 Å². The van der Waals surface area contributed by atoms with Gasteiger partial charge < -0.3 is 4.74 Å². The number of hydrogen-bond acceptors (Lipinski definition) is 3. The van der Waals surface area contributed by atoms with Crippen LogP contribution >= 0.6 is 0 Å². The molecule has 0 saturated heterocycles. The first-order valence-electron chi connectivity index (χ1n) is 7.21. The summed E-state index contributed by atoms with van der Waals surface area (Å²) in [6.07, 6.45) is 3.42. The summed E-state index contributed by atoms with van der Waals surface area (Å²) < 4.78 is 5.22. The summed E-state index contributed by atoms with van der Waals surface area (Å²) in [5, 5.41) is 9.35. The van der Waals surface area contributed by atoms with Crippen molar-refractivity contribution < 1.29 is 4.74 Å². The molecule has 18 heavy (non-hydrogen) atoms. The van der Waals surface area contributed by atoms with Gasteiger partial charge in [-0.1, -0.05) is 20.8 Å². The van der Waals surface area contributed by atoms with Crippen molar-refractivity contribution in [1.82, 2.24) is 4.90 Å². The Morgan fingerprint density at radius 2 is 2.11 bits per heavy atom. The van der Waals surface area contributed by atoms with Gasteiger partial charge in [-0.2, -0.15) is 5.26 Å². The summed E-state index contributed by atoms with van der Waals surface area (Å²) in [4.78, 5) is 2.48. The monoisotopic (exact) mass is 252 g/mol. The second kappa shape index (κ2) is 7.76. The SMILES string of the molecule is COCCN(CC(C)C)C1CC(C)CCC1C#N. The molecule has 0 aromatic rings. The molecular weight excluding hydrogens is 224 g/mol. The molecule has 3 heteroatoms. The summed E-state index contributed by atoms with van der Waals surface area (Å²) in [5.74, 6) is 1.59. The van der Waals surface area contributed by atoms with Crippen LogP contribution in [0.4, 0.5) is 0 Å². The molecule has 1 rings (SSSR count). The first kappa shape index (κ1) is 15.5. The van der Waals surface area contributed by atoms with E-state index in [-0.39, 0.29) is 5.92 Å². The fourth-order valence-corrected chi connectivity index (χ4v) is 2.98. The van der Waals surface area contributed by atoms with E-state index in [0.717, 1.165) is 38.5 Å². The molecule has 0 heterocycles. The topological polar surface area (TPSA) is 36.3 Å². The zero-order chi connectivity index (χ0) is 13.5. The molecule has 0 bridgehead atoms. The number of hydrogen-bond donors (Lipinski definition) is 0. The van der Waals surface area contributed by atoms with Crippen molar-refractivity contribution in [2.75, 3.05) is 26.8 Å². The first-order valence-corrected chi connectivity index (χ1v) is 7.21. The molecule has 0 aromatic carbocycles. The van der Waals surface area contributed by atoms with Crippen LogP contribution in [0.2, 0.25) is 0 Å². The Balaban J connectivity index is 2.69. The molecule has 1 saturated carbocycles. The Labute approximate surface area is 112 Å². The number of nitrogens with zero attached hydrogens (tertiary/aromatic N) is 2. The Bertz CT molecular complexity index is 272. The minimum absolute atomic E-state index is 0.205. The maximum absolute atomic E-state index is 9.35. The quantitative estimate of drug-likeness (QED) is 0.729. The second-order valence-corrected chi connectivity index (χ2v) is 6.10. The molecule has 0 radical (unpaired) electrons. The van der Waals surface area contributed by atoms with Gasteiger partial charge in [0.15, 0.2) is 0 Å². The number of ether oxygens (including phenoxy) is 1. The van der Waals surface area contributed by atoms with Gasteiger partial charge in [-0.15, -0.1) is 0 Å². The average molecular weight is 252 g/mol. The molecule has 0 aromatic heterocycles. The number of rotatable bonds is 6. The zero-order valence-corrected chi connectivity index (χ0v) is 12.4. The van der Waals surface area contributed by atoms with E-state index in [1.807, 2.05) is 0 Å². The lowest BCUT2D eigenvalue weighted by Gasteiger charge is -2.40. The first-order chi connectivity index (χ1) is 8.58. The summed E-state index contributed by atoms with van der Waals surface area (Å²) in [7, 11) is 1.75. The Kier molecular flexibility index (Phi) is 6.67. The van der Waals surface area contributed by atoms with Gasteiger partial charge in [0, 0.05) is 26.2 Å². The van der Waals surface area contributed by atoms with E-state index < -0.39 is 0 Å². The fourth-order valence-electron chi connectivity index (χ4n) is 2.98. The summed E-state index contributed by atoms with van der Waals surface area (Å²) in [5.41, 5.74) is 0. The van der Waals surface area contributed by atoms with Crippen LogP contribution in [-0.2, 0) is 4.74 Å². The van der Waals surface area contributed by atoms with Gasteiger partial charge in [0.05, 0.1) is 18.6 Å². The third kappa shape index (κ3) is 4.59. The average Bonchev–Trinajstić information content (AvgIpc) is 2.34. The Hall–Kier alpha value is -0.590. The Morgan fingerprint density at radius 3 is 2.67 bits per heavy atom. The predicted octanol–water partition coefficient (Wildman–Crippen LogP) is 2.92. The molecule has 0 spiro atoms. The molecule has 3 nitrogen and oxygen atoms in total. The van der Waals surface area contributed by atoms with E-state index >= 15 is 0 Å². The van der Waals surface area contributed by atoms with Gasteiger partial charge in [0.1, 0.15) is 0 Å². The predicted molar refractivity (Wildman–Crippen MR) is 74.2 cm³/mol. The molecule has 0 aliphatic heterocycles. The number of methoxy groups -OCH3 is 1. The zero-order valence-electron chi connectivity index (χ0n) is 12.4. The second-order valence-electron chi connectivity index (χ2n) is 6.10. The van der Waals surface area contributed by atoms with Gasteiger partial charge in [0.25, 0.3) is 0 Å². The largest absolute Gasteiger partial charge is 0.383 e. The van der Waals surface area contributed by atoms with E-state index in [0.29, 0.717) is 12.0 Å². The van der Waals surface area contributed by atoms with Crippen molar-refractivity contribution in [3.05, 3.63) is 0 Å². The van der Waals surface area contributed by atoms with Crippen LogP contribution in [0.5, 0.6) is 0 Å². The highest BCUT2D eigenvalue weighted by molar-refractivity contribution is 4.97. The summed E-state index contributed by atoms with van der Waals surface area (Å²) in [6.45, 7) is 9.57. The van der Waals surface area contributed by atoms with E-state index in [1.165, 1.54) is 6.42 Å². The highest BCUT2D eigenvalue weighted by Crippen LogP contribution is 2.32. The molecule has 3 unspecified atom stereocenters. The lowest BCUT2D eigenvalue weighted by Crippen LogP contribution is -2.46. The van der Waals surface area contributed by atoms with Crippen LogP contribution in [0.25, 0.3) is 0 Å². The molecule has 1 aliphatic rings. The molecule has 104 valence electrons. The van der Waals surface area contributed by atoms with Gasteiger partial charge in [0.2, 0.25) is 0 Å². The maximum Gasteiger partial charge on any atom is 0.0672 e. The van der Waals surface area contributed by atoms with Gasteiger partial charge in [-0.3, -0.25) is 4.90 Å². The Morgan fingerprint density at radius 1 is 1.39 bits per heavy atom. The third-order valence-electron chi connectivity index (χ3n) is 3.90. The van der Waals surface area contributed by atoms with Gasteiger partial charge >= 0.3 is 0 Å². The smallest absolute Gasteiger partial charge is 0.0672 e. The van der Waals surface area contributed by atoms with Crippen LogP contribution in [-0.4, -0.2) is 37.7 Å². The lowest BCUT2D eigenvalue weighted by atomic mass is 9.78. The maximum atomic E-state index is 9.35. The minimum atomic E-state index is 0.205. The summed E-state index contributed by atoms with van der Waals surface area (Å²) in [6, 6.07) is 2.95. The van der Waals surface area contributed by atoms with E-state index in [9.17, 15) is 5.26 Å². The van der Waals surface area contributed by atoms with Gasteiger partial charge in [-0.05, 0) is 31.1 Å². The molecule has 1 fully saturated rings. The number of nitriles is 1. The normalized spacial score (nSPS) is 28.6. The molecule has 0 amide bonds. The van der Waals surface area contributed by atoms with Crippen LogP contribution in [0.1, 0.15) is 40.0 Å². The highest BCUT2D eigenvalue weighted by atomic mass is 16.5. The molecule has 1 aliphatic carbocycles. The molecule has 3 atom stereocenters. The molecular formula is C15H28N2O. The fraction of sp³-hybridized carbons (Fsp3) is 0.933. The van der Waals surface area contributed by atoms with E-state index in [4.69, 9.17) is 4.74 Å². The van der Waals surface area contributed by atoms with Crippen LogP contribution in [0.3, 0.4) is 0 Å². The highest BCUT2D eigenvalue weighted by Gasteiger charge is 2.32. The van der Waals surface area contributed by atoms with Crippen molar-refractivity contribution in [1.29, 1.82) is 5.26 Å². The van der Waals surface area contributed by atoms with Crippen molar-refractivity contribution in [2.45, 2.75) is 46.1 Å². The van der Waals surface area contributed by atoms with E-state index in [2.05, 4.69) is 31.7 Å². The van der Waals surface area contributed by atoms with Crippen molar-refractivity contribution >= 4 is 0 Å². The molecule has 0 N–H and O–H groups in total.